The van der Waals surface area contributed by atoms with Gasteiger partial charge in [-0.15, -0.1) is 11.3 Å². The summed E-state index contributed by atoms with van der Waals surface area (Å²) in [6, 6.07) is 11.5. The number of hydrogen-bond acceptors (Lipinski definition) is 6. The van der Waals surface area contributed by atoms with Gasteiger partial charge in [-0.05, 0) is 24.8 Å². The van der Waals surface area contributed by atoms with Crippen molar-refractivity contribution in [3.05, 3.63) is 57.8 Å². The van der Waals surface area contributed by atoms with Crippen LogP contribution < -0.4 is 5.73 Å². The number of carbonyl (C=O) groups is 1. The number of benzene rings is 1. The van der Waals surface area contributed by atoms with E-state index in [0.29, 0.717) is 17.4 Å². The lowest BCUT2D eigenvalue weighted by Crippen LogP contribution is -2.25. The fourth-order valence-corrected chi connectivity index (χ4v) is 3.85. The Hall–Kier alpha value is -2.67. The van der Waals surface area contributed by atoms with Gasteiger partial charge in [0, 0.05) is 27.8 Å². The van der Waals surface area contributed by atoms with E-state index in [1.54, 1.807) is 23.5 Å². The van der Waals surface area contributed by atoms with Crippen molar-refractivity contribution in [1.29, 1.82) is 0 Å². The van der Waals surface area contributed by atoms with Crippen molar-refractivity contribution in [2.45, 2.75) is 25.9 Å². The molecule has 1 aliphatic rings. The molecule has 0 aliphatic heterocycles. The Balaban J connectivity index is 1.65. The Morgan fingerprint density at radius 3 is 2.77 bits per heavy atom. The fraction of sp³-hybridized carbons (Fsp3) is 0.316. The van der Waals surface area contributed by atoms with E-state index >= 15 is 0 Å². The standard InChI is InChI=1S/C19H21N3O3S/c1-12(15-10-16(15)17-8-5-9-26-17)21-25-11-13-6-3-4-7-14(13)18(19(20)23)22-24-2/h3-9,15-16H,10-11H2,1-2H3,(H2,20,23)/t15-,16+/m0/s1. The molecule has 0 unspecified atom stereocenters. The summed E-state index contributed by atoms with van der Waals surface area (Å²) in [6.07, 6.45) is 1.11. The first kappa shape index (κ1) is 18.1. The SMILES string of the molecule is CON=C(C(N)=O)c1ccccc1CON=C(C)[C@@H]1C[C@H]1c1cccs1. The van der Waals surface area contributed by atoms with Crippen LogP contribution in [0.15, 0.2) is 52.1 Å². The summed E-state index contributed by atoms with van der Waals surface area (Å²) in [4.78, 5) is 23.3. The van der Waals surface area contributed by atoms with Crippen LogP contribution in [0.25, 0.3) is 0 Å². The Morgan fingerprint density at radius 1 is 1.27 bits per heavy atom. The van der Waals surface area contributed by atoms with Crippen molar-refractivity contribution in [3.8, 4) is 0 Å². The minimum Gasteiger partial charge on any atom is -0.398 e. The van der Waals surface area contributed by atoms with Gasteiger partial charge in [-0.2, -0.15) is 0 Å². The highest BCUT2D eigenvalue weighted by molar-refractivity contribution is 7.10. The monoisotopic (exact) mass is 371 g/mol. The zero-order valence-corrected chi connectivity index (χ0v) is 15.5. The molecule has 0 saturated heterocycles. The van der Waals surface area contributed by atoms with Gasteiger partial charge < -0.3 is 15.4 Å². The second-order valence-corrected chi connectivity index (χ2v) is 7.09. The number of oxime groups is 2. The maximum Gasteiger partial charge on any atom is 0.271 e. The Kier molecular flexibility index (Phi) is 5.68. The number of thiophene rings is 1. The maximum absolute atomic E-state index is 11.6. The number of amides is 1. The molecule has 0 bridgehead atoms. The molecular formula is C19H21N3O3S. The predicted molar refractivity (Wildman–Crippen MR) is 102 cm³/mol. The van der Waals surface area contributed by atoms with Crippen LogP contribution in [0.3, 0.4) is 0 Å². The number of carbonyl (C=O) groups excluding carboxylic acids is 1. The normalized spacial score (nSPS) is 19.9. The lowest BCUT2D eigenvalue weighted by Gasteiger charge is -2.09. The second-order valence-electron chi connectivity index (χ2n) is 6.11. The van der Waals surface area contributed by atoms with Gasteiger partial charge in [0.2, 0.25) is 0 Å². The average molecular weight is 371 g/mol. The fourth-order valence-electron chi connectivity index (χ4n) is 2.94. The molecule has 1 amide bonds. The van der Waals surface area contributed by atoms with Crippen molar-refractivity contribution in [2.24, 2.45) is 22.0 Å². The van der Waals surface area contributed by atoms with Crippen LogP contribution in [-0.4, -0.2) is 24.4 Å². The van der Waals surface area contributed by atoms with Crippen LogP contribution in [0.4, 0.5) is 0 Å². The van der Waals surface area contributed by atoms with E-state index in [9.17, 15) is 4.79 Å². The average Bonchev–Trinajstić information content (AvgIpc) is 3.25. The first-order valence-electron chi connectivity index (χ1n) is 8.31. The van der Waals surface area contributed by atoms with E-state index in [-0.39, 0.29) is 12.3 Å². The van der Waals surface area contributed by atoms with Gasteiger partial charge >= 0.3 is 0 Å². The minimum atomic E-state index is -0.657. The Morgan fingerprint density at radius 2 is 2.08 bits per heavy atom. The molecule has 1 aliphatic carbocycles. The van der Waals surface area contributed by atoms with Gasteiger partial charge in [-0.1, -0.05) is 40.6 Å². The lowest BCUT2D eigenvalue weighted by molar-refractivity contribution is -0.112. The molecule has 1 fully saturated rings. The quantitative estimate of drug-likeness (QED) is 0.571. The molecule has 0 spiro atoms. The number of nitrogens with zero attached hydrogens (tertiary/aromatic N) is 2. The highest BCUT2D eigenvalue weighted by Gasteiger charge is 2.41. The third-order valence-corrected chi connectivity index (χ3v) is 5.36. The first-order chi connectivity index (χ1) is 12.6. The molecule has 1 heterocycles. The molecule has 7 heteroatoms. The van der Waals surface area contributed by atoms with Crippen LogP contribution in [0.1, 0.15) is 35.3 Å². The topological polar surface area (TPSA) is 86.3 Å². The van der Waals surface area contributed by atoms with Crippen molar-refractivity contribution in [2.75, 3.05) is 7.11 Å². The van der Waals surface area contributed by atoms with Gasteiger partial charge in [0.15, 0.2) is 5.71 Å². The zero-order valence-electron chi connectivity index (χ0n) is 14.7. The van der Waals surface area contributed by atoms with Crippen LogP contribution in [0.5, 0.6) is 0 Å². The smallest absolute Gasteiger partial charge is 0.271 e. The molecule has 26 heavy (non-hydrogen) atoms. The molecule has 0 radical (unpaired) electrons. The highest BCUT2D eigenvalue weighted by atomic mass is 32.1. The molecule has 1 saturated carbocycles. The minimum absolute atomic E-state index is 0.0624. The third-order valence-electron chi connectivity index (χ3n) is 4.35. The van der Waals surface area contributed by atoms with Crippen molar-refractivity contribution < 1.29 is 14.5 Å². The molecule has 3 rings (SSSR count). The maximum atomic E-state index is 11.6. The summed E-state index contributed by atoms with van der Waals surface area (Å²) in [5, 5.41) is 10.1. The number of primary amides is 1. The number of hydrogen-bond donors (Lipinski definition) is 1. The molecule has 6 nitrogen and oxygen atoms in total. The zero-order chi connectivity index (χ0) is 18.5. The van der Waals surface area contributed by atoms with Crippen LogP contribution in [0, 0.1) is 5.92 Å². The second kappa shape index (κ2) is 8.14. The molecular weight excluding hydrogens is 350 g/mol. The van der Waals surface area contributed by atoms with E-state index in [2.05, 4.69) is 27.8 Å². The summed E-state index contributed by atoms with van der Waals surface area (Å²) < 4.78 is 0. The van der Waals surface area contributed by atoms with Crippen molar-refractivity contribution >= 4 is 28.7 Å². The molecule has 1 aromatic carbocycles. The van der Waals surface area contributed by atoms with Crippen LogP contribution in [-0.2, 0) is 21.1 Å². The highest BCUT2D eigenvalue weighted by Crippen LogP contribution is 2.49. The van der Waals surface area contributed by atoms with Gasteiger partial charge in [-0.3, -0.25) is 4.79 Å². The van der Waals surface area contributed by atoms with E-state index in [1.165, 1.54) is 12.0 Å². The van der Waals surface area contributed by atoms with Gasteiger partial charge in [0.05, 0.1) is 5.71 Å². The summed E-state index contributed by atoms with van der Waals surface area (Å²) in [7, 11) is 1.37. The van der Waals surface area contributed by atoms with Crippen LogP contribution in [0.2, 0.25) is 0 Å². The van der Waals surface area contributed by atoms with E-state index < -0.39 is 5.91 Å². The molecule has 2 aromatic rings. The van der Waals surface area contributed by atoms with Crippen molar-refractivity contribution in [1.82, 2.24) is 0 Å². The number of nitrogens with two attached hydrogens (primary N) is 1. The Bertz CT molecular complexity index is 830. The molecule has 2 N–H and O–H groups in total. The van der Waals surface area contributed by atoms with E-state index in [4.69, 9.17) is 15.4 Å². The summed E-state index contributed by atoms with van der Waals surface area (Å²) >= 11 is 1.78. The summed E-state index contributed by atoms with van der Waals surface area (Å²) in [5.41, 5.74) is 7.79. The first-order valence-corrected chi connectivity index (χ1v) is 9.18. The molecule has 1 aromatic heterocycles. The van der Waals surface area contributed by atoms with Crippen molar-refractivity contribution in [3.63, 3.8) is 0 Å². The van der Waals surface area contributed by atoms with Crippen LogP contribution >= 0.6 is 11.3 Å². The summed E-state index contributed by atoms with van der Waals surface area (Å²) in [6.45, 7) is 2.21. The van der Waals surface area contributed by atoms with Gasteiger partial charge in [-0.25, -0.2) is 0 Å². The van der Waals surface area contributed by atoms with Gasteiger partial charge in [0.1, 0.15) is 13.7 Å². The number of rotatable bonds is 8. The third kappa shape index (κ3) is 4.11. The lowest BCUT2D eigenvalue weighted by atomic mass is 10.0. The van der Waals surface area contributed by atoms with Gasteiger partial charge in [0.25, 0.3) is 5.91 Å². The van der Waals surface area contributed by atoms with E-state index in [1.807, 2.05) is 19.1 Å². The summed E-state index contributed by atoms with van der Waals surface area (Å²) in [5.74, 6) is 0.348. The predicted octanol–water partition coefficient (Wildman–Crippen LogP) is 3.28. The Labute approximate surface area is 156 Å². The molecule has 2 atom stereocenters. The molecule has 136 valence electrons. The largest absolute Gasteiger partial charge is 0.398 e. The van der Waals surface area contributed by atoms with E-state index in [0.717, 1.165) is 17.7 Å².